The number of phenols is 1. The third-order valence-corrected chi connectivity index (χ3v) is 4.23. The van der Waals surface area contributed by atoms with Crippen LogP contribution in [0.4, 0.5) is 5.69 Å². The number of phenolic OH excluding ortho intramolecular Hbond substituents is 1. The van der Waals surface area contributed by atoms with E-state index in [1.54, 1.807) is 11.3 Å². The molecule has 106 valence electrons. The van der Waals surface area contributed by atoms with Gasteiger partial charge in [0.2, 0.25) is 0 Å². The first kappa shape index (κ1) is 14.5. The van der Waals surface area contributed by atoms with E-state index in [0.29, 0.717) is 12.1 Å². The molecule has 1 heterocycles. The first-order chi connectivity index (χ1) is 9.47. The van der Waals surface area contributed by atoms with Gasteiger partial charge in [0, 0.05) is 34.0 Å². The van der Waals surface area contributed by atoms with Crippen molar-refractivity contribution >= 4 is 17.0 Å². The molecule has 2 rings (SSSR count). The summed E-state index contributed by atoms with van der Waals surface area (Å²) in [5, 5.41) is 23.7. The Balaban J connectivity index is 2.10. The lowest BCUT2D eigenvalue weighted by Gasteiger charge is -2.12. The first-order valence-electron chi connectivity index (χ1n) is 6.23. The number of aromatic hydroxyl groups is 1. The molecule has 20 heavy (non-hydrogen) atoms. The molecule has 0 saturated heterocycles. The predicted molar refractivity (Wildman–Crippen MR) is 79.1 cm³/mol. The van der Waals surface area contributed by atoms with Crippen molar-refractivity contribution in [1.82, 2.24) is 5.32 Å². The predicted octanol–water partition coefficient (Wildman–Crippen LogP) is 3.52. The zero-order valence-electron chi connectivity index (χ0n) is 11.3. The van der Waals surface area contributed by atoms with Gasteiger partial charge in [0.15, 0.2) is 0 Å². The van der Waals surface area contributed by atoms with Gasteiger partial charge in [0.25, 0.3) is 5.69 Å². The van der Waals surface area contributed by atoms with Gasteiger partial charge in [0.05, 0.1) is 4.92 Å². The quantitative estimate of drug-likeness (QED) is 0.653. The molecule has 5 nitrogen and oxygen atoms in total. The average Bonchev–Trinajstić information content (AvgIpc) is 2.82. The second kappa shape index (κ2) is 6.02. The van der Waals surface area contributed by atoms with Crippen molar-refractivity contribution in [3.8, 4) is 5.75 Å². The Hall–Kier alpha value is -1.92. The number of thiophene rings is 1. The number of hydrogen-bond acceptors (Lipinski definition) is 5. The van der Waals surface area contributed by atoms with Crippen molar-refractivity contribution < 1.29 is 10.0 Å². The number of nitro groups is 1. The maximum absolute atomic E-state index is 10.9. The molecule has 0 radical (unpaired) electrons. The zero-order chi connectivity index (χ0) is 14.7. The highest BCUT2D eigenvalue weighted by Crippen LogP contribution is 2.26. The Bertz CT molecular complexity index is 625. The van der Waals surface area contributed by atoms with E-state index in [-0.39, 0.29) is 17.5 Å². The molecule has 0 bridgehead atoms. The molecule has 0 aliphatic heterocycles. The third kappa shape index (κ3) is 3.34. The van der Waals surface area contributed by atoms with E-state index < -0.39 is 4.92 Å². The molecular formula is C14H16N2O3S. The highest BCUT2D eigenvalue weighted by Gasteiger charge is 2.15. The van der Waals surface area contributed by atoms with Crippen LogP contribution in [-0.2, 0) is 6.54 Å². The fourth-order valence-corrected chi connectivity index (χ4v) is 2.85. The van der Waals surface area contributed by atoms with E-state index in [1.807, 2.05) is 13.8 Å². The SMILES string of the molecule is Cc1ccc([C@@H](C)NCc2cc(O)ccc2[N+](=O)[O-])s1. The number of nitro benzene ring substituents is 1. The molecule has 0 spiro atoms. The van der Waals surface area contributed by atoms with Crippen LogP contribution < -0.4 is 5.32 Å². The highest BCUT2D eigenvalue weighted by atomic mass is 32.1. The monoisotopic (exact) mass is 292 g/mol. The van der Waals surface area contributed by atoms with E-state index in [1.165, 1.54) is 28.0 Å². The number of nitrogens with zero attached hydrogens (tertiary/aromatic N) is 1. The van der Waals surface area contributed by atoms with Crippen LogP contribution in [0, 0.1) is 17.0 Å². The molecule has 0 fully saturated rings. The Morgan fingerprint density at radius 3 is 2.75 bits per heavy atom. The second-order valence-electron chi connectivity index (χ2n) is 4.62. The van der Waals surface area contributed by atoms with Gasteiger partial charge in [-0.3, -0.25) is 10.1 Å². The maximum Gasteiger partial charge on any atom is 0.274 e. The fraction of sp³-hybridized carbons (Fsp3) is 0.286. The summed E-state index contributed by atoms with van der Waals surface area (Å²) in [6.45, 7) is 4.39. The normalized spacial score (nSPS) is 12.3. The minimum atomic E-state index is -0.434. The molecule has 2 aromatic rings. The summed E-state index contributed by atoms with van der Waals surface area (Å²) in [5.41, 5.74) is 0.500. The van der Waals surface area contributed by atoms with Gasteiger partial charge >= 0.3 is 0 Å². The van der Waals surface area contributed by atoms with Gasteiger partial charge in [-0.25, -0.2) is 0 Å². The fourth-order valence-electron chi connectivity index (χ4n) is 1.94. The van der Waals surface area contributed by atoms with Gasteiger partial charge in [-0.05, 0) is 38.1 Å². The maximum atomic E-state index is 10.9. The Morgan fingerprint density at radius 1 is 1.40 bits per heavy atom. The summed E-state index contributed by atoms with van der Waals surface area (Å²) in [6, 6.07) is 8.29. The lowest BCUT2D eigenvalue weighted by molar-refractivity contribution is -0.385. The van der Waals surface area contributed by atoms with Gasteiger partial charge < -0.3 is 10.4 Å². The van der Waals surface area contributed by atoms with Crippen molar-refractivity contribution in [3.63, 3.8) is 0 Å². The van der Waals surface area contributed by atoms with Crippen molar-refractivity contribution in [2.45, 2.75) is 26.4 Å². The third-order valence-electron chi connectivity index (χ3n) is 3.05. The van der Waals surface area contributed by atoms with E-state index in [4.69, 9.17) is 0 Å². The van der Waals surface area contributed by atoms with Crippen LogP contribution in [-0.4, -0.2) is 10.0 Å². The van der Waals surface area contributed by atoms with E-state index in [2.05, 4.69) is 17.4 Å². The highest BCUT2D eigenvalue weighted by molar-refractivity contribution is 7.12. The number of rotatable bonds is 5. The minimum Gasteiger partial charge on any atom is -0.508 e. The molecule has 2 N–H and O–H groups in total. The molecule has 0 amide bonds. The molecule has 0 unspecified atom stereocenters. The van der Waals surface area contributed by atoms with Crippen LogP contribution in [0.1, 0.15) is 28.3 Å². The smallest absolute Gasteiger partial charge is 0.274 e. The van der Waals surface area contributed by atoms with Crippen molar-refractivity contribution in [3.05, 3.63) is 55.8 Å². The van der Waals surface area contributed by atoms with Crippen LogP contribution in [0.2, 0.25) is 0 Å². The van der Waals surface area contributed by atoms with Crippen molar-refractivity contribution in [2.75, 3.05) is 0 Å². The average molecular weight is 292 g/mol. The summed E-state index contributed by atoms with van der Waals surface area (Å²) < 4.78 is 0. The molecule has 0 aliphatic carbocycles. The zero-order valence-corrected chi connectivity index (χ0v) is 12.1. The molecule has 1 aromatic heterocycles. The Kier molecular flexibility index (Phi) is 4.36. The Labute approximate surface area is 121 Å². The van der Waals surface area contributed by atoms with Crippen LogP contribution in [0.3, 0.4) is 0 Å². The summed E-state index contributed by atoms with van der Waals surface area (Å²) in [5.74, 6) is 0.0343. The standard InChI is InChI=1S/C14H16N2O3S/c1-9-3-6-14(20-9)10(2)15-8-11-7-12(17)4-5-13(11)16(18)19/h3-7,10,15,17H,8H2,1-2H3/t10-/m1/s1. The van der Waals surface area contributed by atoms with Gasteiger partial charge in [0.1, 0.15) is 5.75 Å². The van der Waals surface area contributed by atoms with Gasteiger partial charge in [-0.15, -0.1) is 11.3 Å². The van der Waals surface area contributed by atoms with Crippen molar-refractivity contribution in [2.24, 2.45) is 0 Å². The second-order valence-corrected chi connectivity index (χ2v) is 5.94. The minimum absolute atomic E-state index is 0.0184. The van der Waals surface area contributed by atoms with E-state index in [0.717, 1.165) is 0 Å². The summed E-state index contributed by atoms with van der Waals surface area (Å²) >= 11 is 1.70. The van der Waals surface area contributed by atoms with E-state index in [9.17, 15) is 15.2 Å². The van der Waals surface area contributed by atoms with Crippen LogP contribution in [0.5, 0.6) is 5.75 Å². The van der Waals surface area contributed by atoms with Gasteiger partial charge in [-0.1, -0.05) is 0 Å². The first-order valence-corrected chi connectivity index (χ1v) is 7.05. The molecular weight excluding hydrogens is 276 g/mol. The van der Waals surface area contributed by atoms with Crippen LogP contribution >= 0.6 is 11.3 Å². The van der Waals surface area contributed by atoms with Crippen LogP contribution in [0.15, 0.2) is 30.3 Å². The Morgan fingerprint density at radius 2 is 2.15 bits per heavy atom. The van der Waals surface area contributed by atoms with E-state index >= 15 is 0 Å². The molecule has 1 aromatic carbocycles. The molecule has 0 aliphatic rings. The molecule has 6 heteroatoms. The topological polar surface area (TPSA) is 75.4 Å². The summed E-state index contributed by atoms with van der Waals surface area (Å²) in [6.07, 6.45) is 0. The summed E-state index contributed by atoms with van der Waals surface area (Å²) in [7, 11) is 0. The molecule has 1 atom stereocenters. The molecule has 0 saturated carbocycles. The number of hydrogen-bond donors (Lipinski definition) is 2. The number of aryl methyl sites for hydroxylation is 1. The lowest BCUT2D eigenvalue weighted by Crippen LogP contribution is -2.17. The van der Waals surface area contributed by atoms with Crippen LogP contribution in [0.25, 0.3) is 0 Å². The van der Waals surface area contributed by atoms with Crippen molar-refractivity contribution in [1.29, 1.82) is 0 Å². The largest absolute Gasteiger partial charge is 0.508 e. The lowest BCUT2D eigenvalue weighted by atomic mass is 10.1. The number of benzene rings is 1. The summed E-state index contributed by atoms with van der Waals surface area (Å²) in [4.78, 5) is 12.9. The van der Waals surface area contributed by atoms with Gasteiger partial charge in [-0.2, -0.15) is 0 Å². The number of nitrogens with one attached hydrogen (secondary N) is 1.